The van der Waals surface area contributed by atoms with Crippen LogP contribution in [0.3, 0.4) is 0 Å². The Balaban J connectivity index is 1.96. The molecule has 2 aromatic rings. The molecule has 0 aliphatic rings. The fourth-order valence-corrected chi connectivity index (χ4v) is 3.79. The van der Waals surface area contributed by atoms with Crippen molar-refractivity contribution in [1.29, 1.82) is 0 Å². The van der Waals surface area contributed by atoms with Crippen LogP contribution >= 0.6 is 11.3 Å². The van der Waals surface area contributed by atoms with Crippen LogP contribution in [-0.2, 0) is 11.2 Å². The molecule has 146 valence electrons. The zero-order valence-corrected chi connectivity index (χ0v) is 17.1. The third kappa shape index (κ3) is 6.19. The maximum Gasteiger partial charge on any atom is 0.251 e. The molecule has 27 heavy (non-hydrogen) atoms. The fraction of sp³-hybridized carbons (Fsp3) is 0.429. The smallest absolute Gasteiger partial charge is 0.251 e. The van der Waals surface area contributed by atoms with Gasteiger partial charge in [-0.3, -0.25) is 9.59 Å². The summed E-state index contributed by atoms with van der Waals surface area (Å²) >= 11 is 1.29. The van der Waals surface area contributed by atoms with Crippen molar-refractivity contribution in [2.45, 2.75) is 46.1 Å². The van der Waals surface area contributed by atoms with Crippen LogP contribution < -0.4 is 16.4 Å². The molecule has 1 atom stereocenters. The van der Waals surface area contributed by atoms with Gasteiger partial charge in [-0.05, 0) is 41.3 Å². The van der Waals surface area contributed by atoms with E-state index in [0.717, 1.165) is 6.42 Å². The lowest BCUT2D eigenvalue weighted by Crippen LogP contribution is -2.33. The molecule has 0 radical (unpaired) electrons. The van der Waals surface area contributed by atoms with E-state index in [1.165, 1.54) is 35.3 Å². The van der Waals surface area contributed by atoms with E-state index in [-0.39, 0.29) is 18.5 Å². The number of nitrogens with two attached hydrogens (primary N) is 1. The van der Waals surface area contributed by atoms with E-state index in [1.54, 1.807) is 11.4 Å². The normalized spacial score (nSPS) is 12.1. The first-order chi connectivity index (χ1) is 12.9. The molecular formula is C21H29N3O2S. The molecule has 0 unspecified atom stereocenters. The SMILES string of the molecule is CCCCc1ccc([C@@H](NCC(=O)Nc2sccc2C(N)=O)C(C)C)cc1. The predicted octanol–water partition coefficient (Wildman–Crippen LogP) is 4.12. The van der Waals surface area contributed by atoms with Crippen molar-refractivity contribution >= 4 is 28.2 Å². The van der Waals surface area contributed by atoms with Crippen LogP contribution in [-0.4, -0.2) is 18.4 Å². The van der Waals surface area contributed by atoms with Gasteiger partial charge in [0.05, 0.1) is 12.1 Å². The van der Waals surface area contributed by atoms with E-state index in [1.807, 2.05) is 0 Å². The molecule has 6 heteroatoms. The van der Waals surface area contributed by atoms with Crippen molar-refractivity contribution in [1.82, 2.24) is 5.32 Å². The quantitative estimate of drug-likeness (QED) is 0.573. The van der Waals surface area contributed by atoms with Gasteiger partial charge in [0.15, 0.2) is 0 Å². The lowest BCUT2D eigenvalue weighted by atomic mass is 9.94. The molecule has 0 aliphatic carbocycles. The average molecular weight is 388 g/mol. The van der Waals surface area contributed by atoms with Crippen LogP contribution in [0.2, 0.25) is 0 Å². The first kappa shape index (κ1) is 21.1. The van der Waals surface area contributed by atoms with E-state index in [4.69, 9.17) is 5.73 Å². The highest BCUT2D eigenvalue weighted by Gasteiger charge is 2.18. The summed E-state index contributed by atoms with van der Waals surface area (Å²) in [6, 6.07) is 10.3. The summed E-state index contributed by atoms with van der Waals surface area (Å²) in [5.41, 5.74) is 8.18. The van der Waals surface area contributed by atoms with Crippen LogP contribution in [0.1, 0.15) is 61.1 Å². The number of anilines is 1. The molecule has 1 aromatic carbocycles. The number of carbonyl (C=O) groups excluding carboxylic acids is 2. The molecule has 5 nitrogen and oxygen atoms in total. The number of hydrogen-bond acceptors (Lipinski definition) is 4. The Morgan fingerprint density at radius 1 is 1.15 bits per heavy atom. The van der Waals surface area contributed by atoms with Gasteiger partial charge < -0.3 is 16.4 Å². The highest BCUT2D eigenvalue weighted by molar-refractivity contribution is 7.14. The number of aryl methyl sites for hydroxylation is 1. The highest BCUT2D eigenvalue weighted by atomic mass is 32.1. The molecule has 0 saturated carbocycles. The summed E-state index contributed by atoms with van der Waals surface area (Å²) in [5.74, 6) is -0.393. The third-order valence-corrected chi connectivity index (χ3v) is 5.32. The second-order valence-corrected chi connectivity index (χ2v) is 7.94. The van der Waals surface area contributed by atoms with Crippen molar-refractivity contribution in [3.8, 4) is 0 Å². The molecular weight excluding hydrogens is 358 g/mol. The minimum absolute atomic E-state index is 0.0786. The summed E-state index contributed by atoms with van der Waals surface area (Å²) in [5, 5.41) is 8.33. The molecule has 2 amide bonds. The first-order valence-electron chi connectivity index (χ1n) is 9.41. The Labute approximate surface area is 165 Å². The Kier molecular flexibility index (Phi) is 8.00. The van der Waals surface area contributed by atoms with Crippen molar-refractivity contribution in [2.75, 3.05) is 11.9 Å². The van der Waals surface area contributed by atoms with Gasteiger partial charge in [0, 0.05) is 6.04 Å². The van der Waals surface area contributed by atoms with Gasteiger partial charge in [-0.2, -0.15) is 0 Å². The van der Waals surface area contributed by atoms with Gasteiger partial charge in [-0.25, -0.2) is 0 Å². The Bertz CT molecular complexity index is 753. The molecule has 0 spiro atoms. The molecule has 2 rings (SSSR count). The monoisotopic (exact) mass is 387 g/mol. The topological polar surface area (TPSA) is 84.2 Å². The number of nitrogens with one attached hydrogen (secondary N) is 2. The van der Waals surface area contributed by atoms with Gasteiger partial charge in [-0.1, -0.05) is 51.5 Å². The van der Waals surface area contributed by atoms with Crippen LogP contribution in [0.25, 0.3) is 0 Å². The zero-order chi connectivity index (χ0) is 19.8. The predicted molar refractivity (Wildman–Crippen MR) is 112 cm³/mol. The van der Waals surface area contributed by atoms with E-state index in [2.05, 4.69) is 55.7 Å². The number of rotatable bonds is 10. The number of benzene rings is 1. The molecule has 0 saturated heterocycles. The largest absolute Gasteiger partial charge is 0.366 e. The van der Waals surface area contributed by atoms with E-state index in [9.17, 15) is 9.59 Å². The van der Waals surface area contributed by atoms with Crippen LogP contribution in [0.5, 0.6) is 0 Å². The van der Waals surface area contributed by atoms with Gasteiger partial charge in [0.25, 0.3) is 5.91 Å². The average Bonchev–Trinajstić information content (AvgIpc) is 3.09. The molecule has 4 N–H and O–H groups in total. The lowest BCUT2D eigenvalue weighted by Gasteiger charge is -2.23. The van der Waals surface area contributed by atoms with Crippen molar-refractivity contribution < 1.29 is 9.59 Å². The summed E-state index contributed by atoms with van der Waals surface area (Å²) in [7, 11) is 0. The number of thiophene rings is 1. The van der Waals surface area contributed by atoms with Crippen molar-refractivity contribution in [2.24, 2.45) is 11.7 Å². The number of hydrogen-bond donors (Lipinski definition) is 3. The van der Waals surface area contributed by atoms with Crippen LogP contribution in [0.4, 0.5) is 5.00 Å². The van der Waals surface area contributed by atoms with Gasteiger partial charge in [-0.15, -0.1) is 11.3 Å². The van der Waals surface area contributed by atoms with Crippen LogP contribution in [0, 0.1) is 5.92 Å². The second-order valence-electron chi connectivity index (χ2n) is 7.02. The van der Waals surface area contributed by atoms with E-state index < -0.39 is 5.91 Å². The van der Waals surface area contributed by atoms with Crippen LogP contribution in [0.15, 0.2) is 35.7 Å². The molecule has 0 fully saturated rings. The standard InChI is InChI=1S/C21H29N3O2S/c1-4-5-6-15-7-9-16(10-8-15)19(14(2)3)23-13-18(25)24-21-17(20(22)26)11-12-27-21/h7-12,14,19,23H,4-6,13H2,1-3H3,(H2,22,26)(H,24,25)/t19-/m0/s1. The van der Waals surface area contributed by atoms with E-state index in [0.29, 0.717) is 16.5 Å². The summed E-state index contributed by atoms with van der Waals surface area (Å²) < 4.78 is 0. The fourth-order valence-electron chi connectivity index (χ4n) is 2.98. The van der Waals surface area contributed by atoms with Crippen molar-refractivity contribution in [3.63, 3.8) is 0 Å². The first-order valence-corrected chi connectivity index (χ1v) is 10.3. The van der Waals surface area contributed by atoms with Gasteiger partial charge >= 0.3 is 0 Å². The minimum atomic E-state index is -0.539. The Hall–Kier alpha value is -2.18. The summed E-state index contributed by atoms with van der Waals surface area (Å²) in [6.07, 6.45) is 3.48. The Morgan fingerprint density at radius 2 is 1.85 bits per heavy atom. The summed E-state index contributed by atoms with van der Waals surface area (Å²) in [4.78, 5) is 23.7. The molecule has 1 heterocycles. The zero-order valence-electron chi connectivity index (χ0n) is 16.2. The molecule has 1 aromatic heterocycles. The number of unbranched alkanes of at least 4 members (excludes halogenated alkanes) is 1. The molecule has 0 bridgehead atoms. The number of carbonyl (C=O) groups is 2. The lowest BCUT2D eigenvalue weighted by molar-refractivity contribution is -0.115. The van der Waals surface area contributed by atoms with E-state index >= 15 is 0 Å². The molecule has 0 aliphatic heterocycles. The highest BCUT2D eigenvalue weighted by Crippen LogP contribution is 2.24. The van der Waals surface area contributed by atoms with Gasteiger partial charge in [0.1, 0.15) is 5.00 Å². The Morgan fingerprint density at radius 3 is 2.44 bits per heavy atom. The maximum absolute atomic E-state index is 12.3. The third-order valence-electron chi connectivity index (χ3n) is 4.49. The maximum atomic E-state index is 12.3. The van der Waals surface area contributed by atoms with Gasteiger partial charge in [0.2, 0.25) is 5.91 Å². The summed E-state index contributed by atoms with van der Waals surface area (Å²) in [6.45, 7) is 6.62. The second kappa shape index (κ2) is 10.2. The van der Waals surface area contributed by atoms with Crippen molar-refractivity contribution in [3.05, 3.63) is 52.4 Å². The number of amides is 2. The number of primary amides is 1. The minimum Gasteiger partial charge on any atom is -0.366 e.